The van der Waals surface area contributed by atoms with Crippen molar-refractivity contribution in [2.24, 2.45) is 0 Å². The normalized spacial score (nSPS) is 11.0. The second kappa shape index (κ2) is 6.89. The van der Waals surface area contributed by atoms with Crippen LogP contribution in [-0.2, 0) is 10.6 Å². The second-order valence-electron chi connectivity index (χ2n) is 4.82. The maximum absolute atomic E-state index is 11.7. The molecular formula is C16H16N2O4S. The van der Waals surface area contributed by atoms with Gasteiger partial charge in [-0.3, -0.25) is 9.63 Å². The zero-order valence-corrected chi connectivity index (χ0v) is 13.6. The number of furan rings is 1. The molecule has 0 spiro atoms. The molecule has 0 radical (unpaired) electrons. The maximum Gasteiger partial charge on any atom is 0.310 e. The Labute approximate surface area is 137 Å². The van der Waals surface area contributed by atoms with Gasteiger partial charge in [-0.05, 0) is 37.6 Å². The number of nitrogens with zero attached hydrogens (tertiary/aromatic N) is 1. The summed E-state index contributed by atoms with van der Waals surface area (Å²) in [5.41, 5.74) is 5.00. The highest BCUT2D eigenvalue weighted by molar-refractivity contribution is 7.98. The van der Waals surface area contributed by atoms with Gasteiger partial charge < -0.3 is 8.83 Å². The highest BCUT2D eigenvalue weighted by atomic mass is 32.2. The van der Waals surface area contributed by atoms with Crippen molar-refractivity contribution < 1.29 is 18.5 Å². The monoisotopic (exact) mass is 332 g/mol. The van der Waals surface area contributed by atoms with Gasteiger partial charge in [0.2, 0.25) is 0 Å². The number of carbonyl (C=O) groups excluding carboxylic acids is 1. The third-order valence-electron chi connectivity index (χ3n) is 3.13. The van der Waals surface area contributed by atoms with Crippen LogP contribution in [0.3, 0.4) is 0 Å². The number of aryl methyl sites for hydroxylation is 1. The Morgan fingerprint density at radius 3 is 2.96 bits per heavy atom. The van der Waals surface area contributed by atoms with Crippen LogP contribution in [0.5, 0.6) is 0 Å². The Kier molecular flexibility index (Phi) is 4.68. The first kappa shape index (κ1) is 15.6. The third-order valence-corrected chi connectivity index (χ3v) is 3.98. The fourth-order valence-electron chi connectivity index (χ4n) is 2.03. The summed E-state index contributed by atoms with van der Waals surface area (Å²) < 4.78 is 11.2. The molecule has 6 nitrogen and oxygen atoms in total. The fraction of sp³-hybridized carbons (Fsp3) is 0.250. The largest absolute Gasteiger partial charge is 0.455 e. The number of amides is 1. The number of hydroxylamine groups is 1. The third kappa shape index (κ3) is 3.57. The zero-order chi connectivity index (χ0) is 16.2. The van der Waals surface area contributed by atoms with Gasteiger partial charge in [0.1, 0.15) is 11.3 Å². The van der Waals surface area contributed by atoms with Crippen molar-refractivity contribution in [3.63, 3.8) is 0 Å². The van der Waals surface area contributed by atoms with Crippen molar-refractivity contribution in [2.75, 3.05) is 6.61 Å². The Bertz CT molecular complexity index is 824. The van der Waals surface area contributed by atoms with Crippen molar-refractivity contribution in [3.8, 4) is 0 Å². The maximum atomic E-state index is 11.7. The molecule has 1 aromatic carbocycles. The van der Waals surface area contributed by atoms with Crippen LogP contribution < -0.4 is 5.48 Å². The van der Waals surface area contributed by atoms with Crippen LogP contribution in [0.25, 0.3) is 11.1 Å². The lowest BCUT2D eigenvalue weighted by Crippen LogP contribution is -2.22. The number of para-hydroxylation sites is 1. The molecule has 0 aliphatic rings. The van der Waals surface area contributed by atoms with E-state index in [0.29, 0.717) is 23.3 Å². The van der Waals surface area contributed by atoms with E-state index in [9.17, 15) is 4.79 Å². The molecule has 3 aromatic rings. The van der Waals surface area contributed by atoms with E-state index in [0.717, 1.165) is 16.7 Å². The Hall–Kier alpha value is -2.25. The summed E-state index contributed by atoms with van der Waals surface area (Å²) in [4.78, 5) is 21.0. The molecule has 0 fully saturated rings. The molecule has 1 amide bonds. The Balaban J connectivity index is 1.64. The fourth-order valence-corrected chi connectivity index (χ4v) is 2.75. The van der Waals surface area contributed by atoms with Gasteiger partial charge >= 0.3 is 5.91 Å². The van der Waals surface area contributed by atoms with Crippen LogP contribution >= 0.6 is 11.8 Å². The topological polar surface area (TPSA) is 77.5 Å². The molecular weight excluding hydrogens is 316 g/mol. The summed E-state index contributed by atoms with van der Waals surface area (Å²) in [6.07, 6.45) is 0. The lowest BCUT2D eigenvalue weighted by atomic mass is 10.2. The van der Waals surface area contributed by atoms with Crippen LogP contribution in [-0.4, -0.2) is 17.5 Å². The van der Waals surface area contributed by atoms with Crippen LogP contribution in [0.1, 0.15) is 28.8 Å². The van der Waals surface area contributed by atoms with Crippen molar-refractivity contribution in [1.82, 2.24) is 10.5 Å². The number of hydrogen-bond donors (Lipinski definition) is 1. The van der Waals surface area contributed by atoms with Crippen LogP contribution in [0.4, 0.5) is 0 Å². The van der Waals surface area contributed by atoms with Gasteiger partial charge in [-0.25, -0.2) is 10.5 Å². The molecule has 2 heterocycles. The molecule has 0 unspecified atom stereocenters. The molecule has 0 aliphatic carbocycles. The minimum atomic E-state index is -0.402. The van der Waals surface area contributed by atoms with E-state index < -0.39 is 5.91 Å². The highest BCUT2D eigenvalue weighted by Crippen LogP contribution is 2.28. The second-order valence-corrected chi connectivity index (χ2v) is 5.75. The molecule has 0 atom stereocenters. The predicted octanol–water partition coefficient (Wildman–Crippen LogP) is 3.70. The summed E-state index contributed by atoms with van der Waals surface area (Å²) in [6.45, 7) is 4.17. The average Bonchev–Trinajstić information content (AvgIpc) is 3.18. The van der Waals surface area contributed by atoms with E-state index in [1.165, 1.54) is 11.8 Å². The minimum Gasteiger partial charge on any atom is -0.455 e. The van der Waals surface area contributed by atoms with Crippen LogP contribution in [0.15, 0.2) is 44.4 Å². The van der Waals surface area contributed by atoms with Gasteiger partial charge in [0.25, 0.3) is 5.22 Å². The van der Waals surface area contributed by atoms with Crippen LogP contribution in [0.2, 0.25) is 0 Å². The number of oxazole rings is 1. The molecule has 0 saturated carbocycles. The zero-order valence-electron chi connectivity index (χ0n) is 12.8. The summed E-state index contributed by atoms with van der Waals surface area (Å²) >= 11 is 1.42. The Morgan fingerprint density at radius 1 is 1.30 bits per heavy atom. The quantitative estimate of drug-likeness (QED) is 0.548. The number of benzene rings is 1. The number of thioether (sulfide) groups is 1. The molecule has 23 heavy (non-hydrogen) atoms. The molecule has 3 rings (SSSR count). The van der Waals surface area contributed by atoms with E-state index in [-0.39, 0.29) is 5.76 Å². The summed E-state index contributed by atoms with van der Waals surface area (Å²) in [7, 11) is 0. The van der Waals surface area contributed by atoms with Gasteiger partial charge in [0.05, 0.1) is 12.4 Å². The summed E-state index contributed by atoms with van der Waals surface area (Å²) in [5, 5.41) is 0.575. The Morgan fingerprint density at radius 2 is 2.17 bits per heavy atom. The van der Waals surface area contributed by atoms with E-state index >= 15 is 0 Å². The van der Waals surface area contributed by atoms with E-state index in [2.05, 4.69) is 10.5 Å². The number of aromatic nitrogens is 1. The number of fused-ring (bicyclic) bond motifs is 1. The number of rotatable bonds is 6. The lowest BCUT2D eigenvalue weighted by molar-refractivity contribution is 0.0339. The average molecular weight is 332 g/mol. The van der Waals surface area contributed by atoms with Gasteiger partial charge in [-0.1, -0.05) is 23.9 Å². The predicted molar refractivity (Wildman–Crippen MR) is 86.1 cm³/mol. The molecule has 0 bridgehead atoms. The van der Waals surface area contributed by atoms with Gasteiger partial charge in [-0.2, -0.15) is 0 Å². The lowest BCUT2D eigenvalue weighted by Gasteiger charge is -2.00. The molecule has 1 N–H and O–H groups in total. The molecule has 0 aliphatic heterocycles. The number of hydrogen-bond acceptors (Lipinski definition) is 6. The van der Waals surface area contributed by atoms with Gasteiger partial charge in [-0.15, -0.1) is 0 Å². The van der Waals surface area contributed by atoms with Crippen molar-refractivity contribution >= 4 is 28.8 Å². The van der Waals surface area contributed by atoms with Gasteiger partial charge in [0.15, 0.2) is 11.3 Å². The van der Waals surface area contributed by atoms with Crippen molar-refractivity contribution in [2.45, 2.75) is 24.8 Å². The summed E-state index contributed by atoms with van der Waals surface area (Å²) in [6, 6.07) is 9.19. The summed E-state index contributed by atoms with van der Waals surface area (Å²) in [5.74, 6) is 0.993. The minimum absolute atomic E-state index is 0.211. The first-order chi connectivity index (χ1) is 11.2. The highest BCUT2D eigenvalue weighted by Gasteiger charge is 2.13. The van der Waals surface area contributed by atoms with E-state index in [1.54, 1.807) is 19.1 Å². The number of carbonyl (C=O) groups is 1. The van der Waals surface area contributed by atoms with Gasteiger partial charge in [0, 0.05) is 0 Å². The number of nitrogens with one attached hydrogen (secondary N) is 1. The molecule has 7 heteroatoms. The smallest absolute Gasteiger partial charge is 0.310 e. The standard InChI is InChI=1S/C16H16N2O4S/c1-3-20-18-15(19)13-8-7-11(21-13)9-23-16-17-14-10(2)5-4-6-12(14)22-16/h4-8H,3,9H2,1-2H3,(H,18,19). The first-order valence-corrected chi connectivity index (χ1v) is 8.15. The SMILES string of the molecule is CCONC(=O)c1ccc(CSc2nc3c(C)cccc3o2)o1. The van der Waals surface area contributed by atoms with E-state index in [4.69, 9.17) is 13.7 Å². The van der Waals surface area contributed by atoms with Crippen LogP contribution in [0, 0.1) is 6.92 Å². The van der Waals surface area contributed by atoms with Crippen molar-refractivity contribution in [3.05, 3.63) is 47.4 Å². The molecule has 2 aromatic heterocycles. The van der Waals surface area contributed by atoms with Crippen molar-refractivity contribution in [1.29, 1.82) is 0 Å². The first-order valence-electron chi connectivity index (χ1n) is 7.17. The molecule has 120 valence electrons. The van der Waals surface area contributed by atoms with E-state index in [1.807, 2.05) is 25.1 Å². The molecule has 0 saturated heterocycles.